The maximum Gasteiger partial charge on any atom is 0.213 e. The molecule has 0 fully saturated rings. The molecule has 0 spiro atoms. The van der Waals surface area contributed by atoms with Crippen molar-refractivity contribution in [2.75, 3.05) is 20.3 Å². The van der Waals surface area contributed by atoms with Crippen LogP contribution >= 0.6 is 0 Å². The van der Waals surface area contributed by atoms with Crippen molar-refractivity contribution in [2.45, 2.75) is 6.61 Å². The number of terminal acetylenes is 1. The van der Waals surface area contributed by atoms with E-state index in [1.54, 1.807) is 13.3 Å². The van der Waals surface area contributed by atoms with Crippen LogP contribution in [0.25, 0.3) is 11.1 Å². The van der Waals surface area contributed by atoms with Gasteiger partial charge in [-0.1, -0.05) is 42.3 Å². The molecule has 0 unspecified atom stereocenters. The van der Waals surface area contributed by atoms with Crippen molar-refractivity contribution < 1.29 is 14.2 Å². The number of rotatable bonds is 8. The first-order valence-electron chi connectivity index (χ1n) is 8.65. The molecule has 3 rings (SSSR count). The zero-order valence-electron chi connectivity index (χ0n) is 15.2. The summed E-state index contributed by atoms with van der Waals surface area (Å²) in [5.41, 5.74) is 3.74. The largest absolute Gasteiger partial charge is 0.490 e. The van der Waals surface area contributed by atoms with E-state index in [9.17, 15) is 0 Å². The van der Waals surface area contributed by atoms with Gasteiger partial charge in [-0.3, -0.25) is 0 Å². The maximum atomic E-state index is 5.73. The first kappa shape index (κ1) is 18.5. The Morgan fingerprint density at radius 1 is 0.926 bits per heavy atom. The molecule has 0 aliphatic carbocycles. The summed E-state index contributed by atoms with van der Waals surface area (Å²) in [7, 11) is 1.63. The number of ether oxygens (including phenoxy) is 3. The molecule has 4 nitrogen and oxygen atoms in total. The molecule has 0 bridgehead atoms. The molecule has 136 valence electrons. The summed E-state index contributed by atoms with van der Waals surface area (Å²) in [5, 5.41) is 0. The van der Waals surface area contributed by atoms with Crippen LogP contribution in [-0.4, -0.2) is 25.3 Å². The van der Waals surface area contributed by atoms with E-state index >= 15 is 0 Å². The van der Waals surface area contributed by atoms with Crippen molar-refractivity contribution in [1.29, 1.82) is 0 Å². The second kappa shape index (κ2) is 9.42. The smallest absolute Gasteiger partial charge is 0.213 e. The number of pyridine rings is 1. The van der Waals surface area contributed by atoms with Crippen molar-refractivity contribution in [3.05, 3.63) is 78.0 Å². The lowest BCUT2D eigenvalue weighted by Crippen LogP contribution is -2.05. The Bertz CT molecular complexity index is 899. The fraction of sp³-hybridized carbons (Fsp3) is 0.174. The topological polar surface area (TPSA) is 40.6 Å². The maximum absolute atomic E-state index is 5.73. The number of hydrogen-bond donors (Lipinski definition) is 0. The van der Waals surface area contributed by atoms with Crippen LogP contribution in [0.15, 0.2) is 66.9 Å². The molecule has 0 atom stereocenters. The summed E-state index contributed by atoms with van der Waals surface area (Å²) in [5.74, 6) is 3.93. The van der Waals surface area contributed by atoms with Crippen LogP contribution in [0.4, 0.5) is 0 Å². The zero-order chi connectivity index (χ0) is 18.9. The molecule has 0 aliphatic heterocycles. The average Bonchev–Trinajstić information content (AvgIpc) is 2.74. The summed E-state index contributed by atoms with van der Waals surface area (Å²) >= 11 is 0. The summed E-state index contributed by atoms with van der Waals surface area (Å²) in [4.78, 5) is 4.39. The van der Waals surface area contributed by atoms with E-state index in [0.717, 1.165) is 16.7 Å². The minimum Gasteiger partial charge on any atom is -0.490 e. The van der Waals surface area contributed by atoms with E-state index in [1.807, 2.05) is 60.7 Å². The molecule has 3 aromatic rings. The molecule has 0 amide bonds. The fourth-order valence-electron chi connectivity index (χ4n) is 2.55. The standard InChI is InChI=1S/C23H21NO3/c1-3-19-15-20(9-11-22(19)26-14-13-25-2)21-10-12-23(24-16-21)27-17-18-7-5-4-6-8-18/h1,4-12,15-16H,13-14,17H2,2H3. The lowest BCUT2D eigenvalue weighted by atomic mass is 10.0. The number of aromatic nitrogens is 1. The van der Waals surface area contributed by atoms with Crippen molar-refractivity contribution in [3.8, 4) is 35.1 Å². The van der Waals surface area contributed by atoms with Crippen LogP contribution in [0.5, 0.6) is 11.6 Å². The molecule has 1 heterocycles. The number of methoxy groups -OCH3 is 1. The van der Waals surface area contributed by atoms with Gasteiger partial charge in [0.25, 0.3) is 0 Å². The highest BCUT2D eigenvalue weighted by Gasteiger charge is 2.06. The zero-order valence-corrected chi connectivity index (χ0v) is 15.2. The van der Waals surface area contributed by atoms with Crippen LogP contribution in [0, 0.1) is 12.3 Å². The third-order valence-corrected chi connectivity index (χ3v) is 3.98. The van der Waals surface area contributed by atoms with E-state index in [0.29, 0.717) is 37.0 Å². The van der Waals surface area contributed by atoms with Gasteiger partial charge in [0.1, 0.15) is 19.0 Å². The Hall–Kier alpha value is -3.29. The predicted octanol–water partition coefficient (Wildman–Crippen LogP) is 4.33. The van der Waals surface area contributed by atoms with Gasteiger partial charge in [-0.15, -0.1) is 6.42 Å². The Morgan fingerprint density at radius 3 is 2.44 bits per heavy atom. The highest BCUT2D eigenvalue weighted by molar-refractivity contribution is 5.67. The third-order valence-electron chi connectivity index (χ3n) is 3.98. The molecule has 2 aromatic carbocycles. The van der Waals surface area contributed by atoms with E-state index in [1.165, 1.54) is 0 Å². The minimum absolute atomic E-state index is 0.458. The van der Waals surface area contributed by atoms with Gasteiger partial charge in [-0.05, 0) is 29.3 Å². The van der Waals surface area contributed by atoms with E-state index in [2.05, 4.69) is 10.9 Å². The molecule has 0 aliphatic rings. The van der Waals surface area contributed by atoms with E-state index < -0.39 is 0 Å². The van der Waals surface area contributed by atoms with Gasteiger partial charge in [0.2, 0.25) is 5.88 Å². The van der Waals surface area contributed by atoms with Crippen molar-refractivity contribution in [3.63, 3.8) is 0 Å². The minimum atomic E-state index is 0.458. The monoisotopic (exact) mass is 359 g/mol. The number of hydrogen-bond acceptors (Lipinski definition) is 4. The normalized spacial score (nSPS) is 10.2. The predicted molar refractivity (Wildman–Crippen MR) is 106 cm³/mol. The van der Waals surface area contributed by atoms with Crippen molar-refractivity contribution in [2.24, 2.45) is 0 Å². The van der Waals surface area contributed by atoms with E-state index in [-0.39, 0.29) is 0 Å². The Morgan fingerprint density at radius 2 is 1.74 bits per heavy atom. The van der Waals surface area contributed by atoms with Crippen LogP contribution in [0.1, 0.15) is 11.1 Å². The highest BCUT2D eigenvalue weighted by Crippen LogP contribution is 2.27. The molecule has 4 heteroatoms. The van der Waals surface area contributed by atoms with Crippen molar-refractivity contribution >= 4 is 0 Å². The molecular formula is C23H21NO3. The average molecular weight is 359 g/mol. The Labute approximate surface area is 159 Å². The van der Waals surface area contributed by atoms with Crippen LogP contribution in [-0.2, 0) is 11.3 Å². The first-order chi connectivity index (χ1) is 13.3. The molecule has 27 heavy (non-hydrogen) atoms. The van der Waals surface area contributed by atoms with Gasteiger partial charge >= 0.3 is 0 Å². The molecule has 0 saturated heterocycles. The molecule has 0 N–H and O–H groups in total. The van der Waals surface area contributed by atoms with E-state index in [4.69, 9.17) is 20.6 Å². The van der Waals surface area contributed by atoms with Gasteiger partial charge in [0, 0.05) is 24.9 Å². The fourth-order valence-corrected chi connectivity index (χ4v) is 2.55. The first-order valence-corrected chi connectivity index (χ1v) is 8.65. The summed E-state index contributed by atoms with van der Waals surface area (Å²) < 4.78 is 16.4. The number of benzene rings is 2. The van der Waals surface area contributed by atoms with Gasteiger partial charge < -0.3 is 14.2 Å². The number of nitrogens with zero attached hydrogens (tertiary/aromatic N) is 1. The third kappa shape index (κ3) is 5.10. The van der Waals surface area contributed by atoms with Crippen molar-refractivity contribution in [1.82, 2.24) is 4.98 Å². The molecule has 0 saturated carbocycles. The molecular weight excluding hydrogens is 338 g/mol. The quantitative estimate of drug-likeness (QED) is 0.443. The highest BCUT2D eigenvalue weighted by atomic mass is 16.5. The van der Waals surface area contributed by atoms with Crippen LogP contribution in [0.2, 0.25) is 0 Å². The lowest BCUT2D eigenvalue weighted by molar-refractivity contribution is 0.146. The van der Waals surface area contributed by atoms with Crippen LogP contribution in [0.3, 0.4) is 0 Å². The van der Waals surface area contributed by atoms with Crippen LogP contribution < -0.4 is 9.47 Å². The SMILES string of the molecule is C#Cc1cc(-c2ccc(OCc3ccccc3)nc2)ccc1OCCOC. The van der Waals surface area contributed by atoms with Gasteiger partial charge in [0.15, 0.2) is 0 Å². The summed E-state index contributed by atoms with van der Waals surface area (Å²) in [6.45, 7) is 1.46. The second-order valence-electron chi connectivity index (χ2n) is 5.86. The molecule has 1 aromatic heterocycles. The van der Waals surface area contributed by atoms with Gasteiger partial charge in [-0.2, -0.15) is 0 Å². The summed E-state index contributed by atoms with van der Waals surface area (Å²) in [6.07, 6.45) is 7.40. The van der Waals surface area contributed by atoms with Gasteiger partial charge in [0.05, 0.1) is 12.2 Å². The van der Waals surface area contributed by atoms with Gasteiger partial charge in [-0.25, -0.2) is 4.98 Å². The lowest BCUT2D eigenvalue weighted by Gasteiger charge is -2.10. The Kier molecular flexibility index (Phi) is 6.45. The Balaban J connectivity index is 1.68. The molecule has 0 radical (unpaired) electrons. The summed E-state index contributed by atoms with van der Waals surface area (Å²) in [6, 6.07) is 19.6. The second-order valence-corrected chi connectivity index (χ2v) is 5.86.